The van der Waals surface area contributed by atoms with E-state index in [1.54, 1.807) is 16.8 Å². The van der Waals surface area contributed by atoms with Crippen molar-refractivity contribution in [2.75, 3.05) is 0 Å². The number of nitrogens with two attached hydrogens (primary N) is 1. The van der Waals surface area contributed by atoms with Crippen molar-refractivity contribution in [2.24, 2.45) is 12.8 Å². The lowest BCUT2D eigenvalue weighted by Gasteiger charge is -2.10. The Hall–Kier alpha value is -1.20. The fourth-order valence-electron chi connectivity index (χ4n) is 1.81. The molecule has 1 atom stereocenters. The third-order valence-electron chi connectivity index (χ3n) is 2.96. The highest BCUT2D eigenvalue weighted by Gasteiger charge is 2.14. The highest BCUT2D eigenvalue weighted by Crippen LogP contribution is 2.21. The molecule has 2 N–H and O–H groups in total. The van der Waals surface area contributed by atoms with Gasteiger partial charge in [0, 0.05) is 17.2 Å². The molecule has 0 aliphatic rings. The Morgan fingerprint density at radius 1 is 1.44 bits per heavy atom. The summed E-state index contributed by atoms with van der Waals surface area (Å²) in [5.74, 6) is -0.235. The molecule has 1 heterocycles. The zero-order chi connectivity index (χ0) is 13.3. The second kappa shape index (κ2) is 5.20. The summed E-state index contributed by atoms with van der Waals surface area (Å²) in [6, 6.07) is 6.50. The zero-order valence-electron chi connectivity index (χ0n) is 10.3. The van der Waals surface area contributed by atoms with Crippen molar-refractivity contribution in [3.05, 3.63) is 51.5 Å². The van der Waals surface area contributed by atoms with E-state index in [1.807, 2.05) is 20.0 Å². The standard InChI is InChI=1S/C13H15BrFN3/c1-8-5-13(17-18(8)2)12(16)7-9-6-10(14)3-4-11(9)15/h3-6,12H,7,16H2,1-2H3. The number of aromatic nitrogens is 2. The van der Waals surface area contributed by atoms with E-state index in [0.717, 1.165) is 15.9 Å². The van der Waals surface area contributed by atoms with Crippen LogP contribution in [0.3, 0.4) is 0 Å². The lowest BCUT2D eigenvalue weighted by atomic mass is 10.0. The van der Waals surface area contributed by atoms with Gasteiger partial charge in [-0.3, -0.25) is 4.68 Å². The third kappa shape index (κ3) is 2.79. The number of hydrogen-bond acceptors (Lipinski definition) is 2. The maximum absolute atomic E-state index is 13.6. The summed E-state index contributed by atoms with van der Waals surface area (Å²) in [6.45, 7) is 1.96. The monoisotopic (exact) mass is 311 g/mol. The molecule has 18 heavy (non-hydrogen) atoms. The molecule has 0 bridgehead atoms. The van der Waals surface area contributed by atoms with Crippen LogP contribution >= 0.6 is 15.9 Å². The van der Waals surface area contributed by atoms with E-state index in [1.165, 1.54) is 6.07 Å². The molecule has 2 rings (SSSR count). The van der Waals surface area contributed by atoms with Crippen molar-refractivity contribution in [3.8, 4) is 0 Å². The molecule has 0 amide bonds. The number of hydrogen-bond donors (Lipinski definition) is 1. The van der Waals surface area contributed by atoms with E-state index in [-0.39, 0.29) is 11.9 Å². The minimum Gasteiger partial charge on any atom is -0.322 e. The Bertz CT molecular complexity index is 546. The van der Waals surface area contributed by atoms with Crippen LogP contribution in [0.4, 0.5) is 4.39 Å². The van der Waals surface area contributed by atoms with E-state index < -0.39 is 0 Å². The molecule has 2 aromatic rings. The van der Waals surface area contributed by atoms with Gasteiger partial charge in [-0.25, -0.2) is 4.39 Å². The van der Waals surface area contributed by atoms with Gasteiger partial charge in [-0.05, 0) is 43.2 Å². The van der Waals surface area contributed by atoms with Crippen LogP contribution in [-0.4, -0.2) is 9.78 Å². The molecule has 1 unspecified atom stereocenters. The summed E-state index contributed by atoms with van der Waals surface area (Å²) < 4.78 is 16.2. The SMILES string of the molecule is Cc1cc(C(N)Cc2cc(Br)ccc2F)nn1C. The Morgan fingerprint density at radius 2 is 2.17 bits per heavy atom. The molecule has 0 saturated heterocycles. The van der Waals surface area contributed by atoms with Gasteiger partial charge < -0.3 is 5.73 Å². The summed E-state index contributed by atoms with van der Waals surface area (Å²) in [7, 11) is 1.87. The number of nitrogens with zero attached hydrogens (tertiary/aromatic N) is 2. The first-order chi connectivity index (χ1) is 8.47. The van der Waals surface area contributed by atoms with Crippen LogP contribution in [0.2, 0.25) is 0 Å². The summed E-state index contributed by atoms with van der Waals surface area (Å²) in [6.07, 6.45) is 0.432. The van der Waals surface area contributed by atoms with Crippen molar-refractivity contribution in [1.29, 1.82) is 0 Å². The first-order valence-electron chi connectivity index (χ1n) is 5.67. The second-order valence-electron chi connectivity index (χ2n) is 4.38. The molecule has 0 saturated carbocycles. The number of aryl methyl sites for hydroxylation is 2. The summed E-state index contributed by atoms with van der Waals surface area (Å²) in [5, 5.41) is 4.32. The van der Waals surface area contributed by atoms with Crippen molar-refractivity contribution < 1.29 is 4.39 Å². The molecule has 0 aliphatic heterocycles. The molecule has 5 heteroatoms. The van der Waals surface area contributed by atoms with Gasteiger partial charge in [-0.2, -0.15) is 5.10 Å². The van der Waals surface area contributed by atoms with Gasteiger partial charge in [0.05, 0.1) is 11.7 Å². The molecule has 1 aromatic heterocycles. The van der Waals surface area contributed by atoms with Gasteiger partial charge in [0.25, 0.3) is 0 Å². The molecule has 0 spiro atoms. The highest BCUT2D eigenvalue weighted by molar-refractivity contribution is 9.10. The Kier molecular flexibility index (Phi) is 3.82. The molecule has 0 aliphatic carbocycles. The van der Waals surface area contributed by atoms with Gasteiger partial charge in [0.2, 0.25) is 0 Å². The first-order valence-corrected chi connectivity index (χ1v) is 6.46. The minimum absolute atomic E-state index is 0.235. The summed E-state index contributed by atoms with van der Waals surface area (Å²) in [4.78, 5) is 0. The van der Waals surface area contributed by atoms with Crippen molar-refractivity contribution in [2.45, 2.75) is 19.4 Å². The van der Waals surface area contributed by atoms with Gasteiger partial charge in [0.1, 0.15) is 5.82 Å². The largest absolute Gasteiger partial charge is 0.322 e. The maximum Gasteiger partial charge on any atom is 0.126 e. The maximum atomic E-state index is 13.6. The fraction of sp³-hybridized carbons (Fsp3) is 0.308. The number of rotatable bonds is 3. The van der Waals surface area contributed by atoms with E-state index in [2.05, 4.69) is 21.0 Å². The smallest absolute Gasteiger partial charge is 0.126 e. The van der Waals surface area contributed by atoms with E-state index in [9.17, 15) is 4.39 Å². The Labute approximate surface area is 114 Å². The van der Waals surface area contributed by atoms with Crippen LogP contribution in [0.15, 0.2) is 28.7 Å². The Morgan fingerprint density at radius 3 is 2.78 bits per heavy atom. The molecular formula is C13H15BrFN3. The predicted molar refractivity (Wildman–Crippen MR) is 72.7 cm³/mol. The van der Waals surface area contributed by atoms with Crippen LogP contribution in [-0.2, 0) is 13.5 Å². The highest BCUT2D eigenvalue weighted by atomic mass is 79.9. The summed E-state index contributed by atoms with van der Waals surface area (Å²) in [5.41, 5.74) is 8.49. The topological polar surface area (TPSA) is 43.8 Å². The summed E-state index contributed by atoms with van der Waals surface area (Å²) >= 11 is 3.33. The fourth-order valence-corrected chi connectivity index (χ4v) is 2.22. The van der Waals surface area contributed by atoms with E-state index in [0.29, 0.717) is 12.0 Å². The lowest BCUT2D eigenvalue weighted by Crippen LogP contribution is -2.15. The van der Waals surface area contributed by atoms with Crippen LogP contribution in [0.5, 0.6) is 0 Å². The second-order valence-corrected chi connectivity index (χ2v) is 5.30. The van der Waals surface area contributed by atoms with Crippen molar-refractivity contribution >= 4 is 15.9 Å². The van der Waals surface area contributed by atoms with E-state index >= 15 is 0 Å². The van der Waals surface area contributed by atoms with Gasteiger partial charge in [0.15, 0.2) is 0 Å². The van der Waals surface area contributed by atoms with Crippen LogP contribution < -0.4 is 5.73 Å². The molecule has 0 radical (unpaired) electrons. The predicted octanol–water partition coefficient (Wildman–Crippen LogP) is 2.87. The van der Waals surface area contributed by atoms with Crippen LogP contribution in [0, 0.1) is 12.7 Å². The zero-order valence-corrected chi connectivity index (χ0v) is 11.9. The third-order valence-corrected chi connectivity index (χ3v) is 3.45. The van der Waals surface area contributed by atoms with Gasteiger partial charge in [-0.1, -0.05) is 15.9 Å². The molecule has 96 valence electrons. The van der Waals surface area contributed by atoms with Crippen LogP contribution in [0.25, 0.3) is 0 Å². The average molecular weight is 312 g/mol. The first kappa shape index (κ1) is 13.2. The molecule has 0 fully saturated rings. The molecule has 3 nitrogen and oxygen atoms in total. The van der Waals surface area contributed by atoms with E-state index in [4.69, 9.17) is 5.73 Å². The number of benzene rings is 1. The molecular weight excluding hydrogens is 297 g/mol. The van der Waals surface area contributed by atoms with Crippen molar-refractivity contribution in [1.82, 2.24) is 9.78 Å². The lowest BCUT2D eigenvalue weighted by molar-refractivity contribution is 0.585. The van der Waals surface area contributed by atoms with Crippen LogP contribution in [0.1, 0.15) is 23.0 Å². The van der Waals surface area contributed by atoms with Gasteiger partial charge >= 0.3 is 0 Å². The quantitative estimate of drug-likeness (QED) is 0.947. The number of halogens is 2. The normalized spacial score (nSPS) is 12.7. The van der Waals surface area contributed by atoms with Crippen molar-refractivity contribution in [3.63, 3.8) is 0 Å². The Balaban J connectivity index is 2.20. The molecule has 1 aromatic carbocycles. The average Bonchev–Trinajstić information content (AvgIpc) is 2.64. The van der Waals surface area contributed by atoms with Gasteiger partial charge in [-0.15, -0.1) is 0 Å². The minimum atomic E-state index is -0.298.